The predicted molar refractivity (Wildman–Crippen MR) is 145 cm³/mol. The fourth-order valence-corrected chi connectivity index (χ4v) is 11.3. The minimum Gasteiger partial charge on any atom is -0.393 e. The number of unbranched alkanes of at least 4 members (excludes halogenated alkanes) is 1. The number of carbonyl (C=O) groups is 1. The van der Waals surface area contributed by atoms with E-state index in [0.717, 1.165) is 44.9 Å². The van der Waals surface area contributed by atoms with E-state index in [1.807, 2.05) is 0 Å². The van der Waals surface area contributed by atoms with Crippen LogP contribution in [0.3, 0.4) is 0 Å². The normalized spacial score (nSPS) is 46.4. The van der Waals surface area contributed by atoms with E-state index in [-0.39, 0.29) is 41.3 Å². The first kappa shape index (κ1) is 27.9. The van der Waals surface area contributed by atoms with E-state index in [0.29, 0.717) is 42.4 Å². The Labute approximate surface area is 224 Å². The molecule has 212 valence electrons. The number of rotatable bonds is 8. The van der Waals surface area contributed by atoms with Gasteiger partial charge in [0.15, 0.2) is 0 Å². The fourth-order valence-electron chi connectivity index (χ4n) is 9.99. The van der Waals surface area contributed by atoms with Gasteiger partial charge in [-0.15, -0.1) is 0 Å². The molecule has 37 heavy (non-hydrogen) atoms. The van der Waals surface area contributed by atoms with Gasteiger partial charge in [0.25, 0.3) is 0 Å². The van der Waals surface area contributed by atoms with E-state index in [4.69, 9.17) is 0 Å². The van der Waals surface area contributed by atoms with Crippen LogP contribution < -0.4 is 4.72 Å². The molecule has 0 aromatic heterocycles. The zero-order valence-corrected chi connectivity index (χ0v) is 24.4. The van der Waals surface area contributed by atoms with Crippen LogP contribution >= 0.6 is 0 Å². The summed E-state index contributed by atoms with van der Waals surface area (Å²) < 4.78 is 26.2. The Morgan fingerprint density at radius 3 is 2.24 bits per heavy atom. The summed E-state index contributed by atoms with van der Waals surface area (Å²) in [6.07, 6.45) is 12.5. The smallest absolute Gasteiger partial charge is 0.240 e. The van der Waals surface area contributed by atoms with Crippen molar-refractivity contribution in [3.8, 4) is 0 Å². The Morgan fingerprint density at radius 1 is 0.892 bits per heavy atom. The van der Waals surface area contributed by atoms with Gasteiger partial charge in [0.2, 0.25) is 15.9 Å². The van der Waals surface area contributed by atoms with Crippen molar-refractivity contribution in [2.45, 2.75) is 135 Å². The zero-order chi connectivity index (χ0) is 26.8. The van der Waals surface area contributed by atoms with Crippen LogP contribution in [0.2, 0.25) is 0 Å². The summed E-state index contributed by atoms with van der Waals surface area (Å²) in [7, 11) is -3.54. The third-order valence-corrected chi connectivity index (χ3v) is 14.8. The Balaban J connectivity index is 1.20. The second-order valence-electron chi connectivity index (χ2n) is 14.4. The maximum absolute atomic E-state index is 12.3. The Bertz CT molecular complexity index is 978. The number of fused-ring (bicyclic) bond motifs is 5. The van der Waals surface area contributed by atoms with Crippen LogP contribution in [0.15, 0.2) is 0 Å². The molecule has 0 unspecified atom stereocenters. The molecule has 10 atom stereocenters. The van der Waals surface area contributed by atoms with Gasteiger partial charge in [-0.25, -0.2) is 8.42 Å². The lowest BCUT2D eigenvalue weighted by Gasteiger charge is -2.64. The van der Waals surface area contributed by atoms with Crippen molar-refractivity contribution in [3.05, 3.63) is 0 Å². The van der Waals surface area contributed by atoms with Gasteiger partial charge in [0, 0.05) is 6.42 Å². The van der Waals surface area contributed by atoms with Gasteiger partial charge < -0.3 is 10.2 Å². The number of hydrogen-bond acceptors (Lipinski definition) is 5. The topological polar surface area (TPSA) is 104 Å². The number of sulfonamides is 1. The molecule has 0 bridgehead atoms. The molecule has 3 N–H and O–H groups in total. The summed E-state index contributed by atoms with van der Waals surface area (Å²) in [5.74, 6) is 2.44. The molecule has 6 nitrogen and oxygen atoms in total. The fraction of sp³-hybridized carbons (Fsp3) is 0.967. The van der Waals surface area contributed by atoms with Gasteiger partial charge in [-0.1, -0.05) is 33.6 Å². The maximum Gasteiger partial charge on any atom is 0.240 e. The largest absolute Gasteiger partial charge is 0.393 e. The van der Waals surface area contributed by atoms with Gasteiger partial charge >= 0.3 is 0 Å². The lowest BCUT2D eigenvalue weighted by molar-refractivity contribution is -0.202. The number of nitrogens with one attached hydrogen (secondary N) is 1. The highest BCUT2D eigenvalue weighted by Gasteiger charge is 2.64. The highest BCUT2D eigenvalue weighted by atomic mass is 32.2. The van der Waals surface area contributed by atoms with Crippen LogP contribution in [0.1, 0.15) is 118 Å². The SMILES string of the molecule is CC[C@H]1[C@@H](O)[C@@H]2[C@H](CC[C@]3(C)[C@@H](CCCCC(=O)NS(=O)(=O)C4(C)CC4)CC[C@@H]23)[C@@]2(C)CC[C@@H](O)C[C@@H]12. The molecule has 1 amide bonds. The maximum atomic E-state index is 12.3. The molecule has 5 aliphatic carbocycles. The molecular formula is C30H51NO5S. The van der Waals surface area contributed by atoms with E-state index in [1.165, 1.54) is 25.7 Å². The molecule has 0 aliphatic heterocycles. The minimum absolute atomic E-state index is 0.209. The third kappa shape index (κ3) is 4.61. The van der Waals surface area contributed by atoms with Gasteiger partial charge in [0.05, 0.1) is 17.0 Å². The third-order valence-electron chi connectivity index (χ3n) is 12.6. The number of aliphatic hydroxyl groups is 2. The van der Waals surface area contributed by atoms with E-state index in [2.05, 4.69) is 25.5 Å². The average Bonchev–Trinajstić information content (AvgIpc) is 3.51. The standard InChI is InChI=1S/C30H51NO5S/c1-5-21-24-18-20(32)12-14-30(24,4)23-13-15-29(3)19(10-11-22(29)26(23)27(21)34)8-6-7-9-25(33)31-37(35,36)28(2)16-17-28/h19-24,26-27,32,34H,5-18H2,1-4H3,(H,31,33)/t19-,20+,21+,22-,23-,24-,26-,27+,29+,30+/m0/s1. The lowest BCUT2D eigenvalue weighted by Crippen LogP contribution is -2.62. The van der Waals surface area contributed by atoms with Gasteiger partial charge in [-0.3, -0.25) is 9.52 Å². The molecule has 5 rings (SSSR count). The minimum atomic E-state index is -3.54. The molecule has 7 heteroatoms. The summed E-state index contributed by atoms with van der Waals surface area (Å²) >= 11 is 0. The molecule has 0 aromatic rings. The summed E-state index contributed by atoms with van der Waals surface area (Å²) in [5, 5.41) is 22.3. The van der Waals surface area contributed by atoms with Crippen molar-refractivity contribution in [2.75, 3.05) is 0 Å². The van der Waals surface area contributed by atoms with Crippen molar-refractivity contribution in [1.82, 2.24) is 4.72 Å². The second-order valence-corrected chi connectivity index (χ2v) is 16.6. The molecule has 5 fully saturated rings. The number of aliphatic hydroxyl groups excluding tert-OH is 2. The van der Waals surface area contributed by atoms with Crippen LogP contribution in [0.4, 0.5) is 0 Å². The first-order valence-corrected chi connectivity index (χ1v) is 16.8. The van der Waals surface area contributed by atoms with Gasteiger partial charge in [0.1, 0.15) is 0 Å². The quantitative estimate of drug-likeness (QED) is 0.371. The Hall–Kier alpha value is -0.660. The highest BCUT2D eigenvalue weighted by molar-refractivity contribution is 7.91. The molecule has 0 radical (unpaired) electrons. The van der Waals surface area contributed by atoms with Crippen molar-refractivity contribution in [3.63, 3.8) is 0 Å². The Morgan fingerprint density at radius 2 is 1.57 bits per heavy atom. The summed E-state index contributed by atoms with van der Waals surface area (Å²) in [6.45, 7) is 8.90. The van der Waals surface area contributed by atoms with Crippen LogP contribution in [-0.4, -0.2) is 41.5 Å². The molecule has 5 saturated carbocycles. The van der Waals surface area contributed by atoms with Crippen molar-refractivity contribution < 1.29 is 23.4 Å². The van der Waals surface area contributed by atoms with Crippen LogP contribution in [0.25, 0.3) is 0 Å². The lowest BCUT2D eigenvalue weighted by atomic mass is 9.41. The van der Waals surface area contributed by atoms with Gasteiger partial charge in [-0.05, 0) is 124 Å². The molecule has 0 heterocycles. The molecule has 5 aliphatic rings. The van der Waals surface area contributed by atoms with Crippen LogP contribution in [-0.2, 0) is 14.8 Å². The monoisotopic (exact) mass is 537 g/mol. The van der Waals surface area contributed by atoms with Gasteiger partial charge in [-0.2, -0.15) is 0 Å². The van der Waals surface area contributed by atoms with Crippen LogP contribution in [0, 0.1) is 46.3 Å². The molecular weight excluding hydrogens is 486 g/mol. The summed E-state index contributed by atoms with van der Waals surface area (Å²) in [6, 6.07) is 0. The number of carbonyl (C=O) groups excluding carboxylic acids is 1. The highest BCUT2D eigenvalue weighted by Crippen LogP contribution is 2.69. The molecule has 0 aromatic carbocycles. The average molecular weight is 538 g/mol. The second kappa shape index (κ2) is 9.76. The van der Waals surface area contributed by atoms with E-state index >= 15 is 0 Å². The Kier molecular flexibility index (Phi) is 7.36. The predicted octanol–water partition coefficient (Wildman–Crippen LogP) is 5.17. The van der Waals surface area contributed by atoms with Crippen molar-refractivity contribution in [2.24, 2.45) is 46.3 Å². The van der Waals surface area contributed by atoms with Crippen molar-refractivity contribution >= 4 is 15.9 Å². The van der Waals surface area contributed by atoms with Crippen molar-refractivity contribution in [1.29, 1.82) is 0 Å². The number of hydrogen-bond donors (Lipinski definition) is 3. The van der Waals surface area contributed by atoms with E-state index in [1.54, 1.807) is 6.92 Å². The zero-order valence-electron chi connectivity index (χ0n) is 23.5. The van der Waals surface area contributed by atoms with Crippen LogP contribution in [0.5, 0.6) is 0 Å². The van der Waals surface area contributed by atoms with E-state index in [9.17, 15) is 23.4 Å². The van der Waals surface area contributed by atoms with E-state index < -0.39 is 14.8 Å². The molecule has 0 saturated heterocycles. The molecule has 0 spiro atoms. The first-order chi connectivity index (χ1) is 17.4. The summed E-state index contributed by atoms with van der Waals surface area (Å²) in [4.78, 5) is 12.3. The summed E-state index contributed by atoms with van der Waals surface area (Å²) in [5.41, 5.74) is 0.471. The first-order valence-electron chi connectivity index (χ1n) is 15.3. The number of amides is 1.